The van der Waals surface area contributed by atoms with Crippen molar-refractivity contribution in [1.82, 2.24) is 4.98 Å². The Labute approximate surface area is 77.8 Å². The van der Waals surface area contributed by atoms with Gasteiger partial charge >= 0.3 is 0 Å². The SMILES string of the molecule is CC.CCc1cccnc1C(F)F. The molecule has 0 aliphatic heterocycles. The van der Waals surface area contributed by atoms with E-state index >= 15 is 0 Å². The minimum atomic E-state index is -2.45. The number of rotatable bonds is 2. The minimum absolute atomic E-state index is 0.0880. The van der Waals surface area contributed by atoms with Gasteiger partial charge in [-0.15, -0.1) is 0 Å². The van der Waals surface area contributed by atoms with Crippen molar-refractivity contribution in [3.05, 3.63) is 29.6 Å². The van der Waals surface area contributed by atoms with E-state index in [-0.39, 0.29) is 5.69 Å². The highest BCUT2D eigenvalue weighted by atomic mass is 19.3. The summed E-state index contributed by atoms with van der Waals surface area (Å²) >= 11 is 0. The summed E-state index contributed by atoms with van der Waals surface area (Å²) in [6, 6.07) is 3.35. The average molecular weight is 187 g/mol. The lowest BCUT2D eigenvalue weighted by Crippen LogP contribution is -1.95. The van der Waals surface area contributed by atoms with E-state index in [4.69, 9.17) is 0 Å². The van der Waals surface area contributed by atoms with E-state index in [1.165, 1.54) is 6.20 Å². The van der Waals surface area contributed by atoms with Crippen LogP contribution in [0.25, 0.3) is 0 Å². The van der Waals surface area contributed by atoms with E-state index < -0.39 is 6.43 Å². The molecule has 1 aromatic rings. The number of aromatic nitrogens is 1. The molecule has 0 aliphatic carbocycles. The van der Waals surface area contributed by atoms with Crippen molar-refractivity contribution in [2.45, 2.75) is 33.6 Å². The molecular weight excluding hydrogens is 172 g/mol. The lowest BCUT2D eigenvalue weighted by Gasteiger charge is -2.03. The van der Waals surface area contributed by atoms with Gasteiger partial charge < -0.3 is 0 Å². The standard InChI is InChI=1S/C8H9F2N.C2H6/c1-2-6-4-3-5-11-7(6)8(9)10;1-2/h3-5,8H,2H2,1H3;1-2H3. The van der Waals surface area contributed by atoms with Crippen LogP contribution in [0, 0.1) is 0 Å². The summed E-state index contributed by atoms with van der Waals surface area (Å²) in [5.41, 5.74) is 0.539. The minimum Gasteiger partial charge on any atom is -0.255 e. The number of aryl methyl sites for hydroxylation is 1. The van der Waals surface area contributed by atoms with Gasteiger partial charge in [0.2, 0.25) is 0 Å². The van der Waals surface area contributed by atoms with Crippen LogP contribution in [0.15, 0.2) is 18.3 Å². The van der Waals surface area contributed by atoms with Crippen LogP contribution < -0.4 is 0 Å². The summed E-state index contributed by atoms with van der Waals surface area (Å²) in [5.74, 6) is 0. The topological polar surface area (TPSA) is 12.9 Å². The van der Waals surface area contributed by atoms with Crippen molar-refractivity contribution in [2.75, 3.05) is 0 Å². The van der Waals surface area contributed by atoms with Gasteiger partial charge in [0.05, 0.1) is 0 Å². The van der Waals surface area contributed by atoms with Crippen molar-refractivity contribution in [3.63, 3.8) is 0 Å². The second-order valence-corrected chi connectivity index (χ2v) is 2.20. The maximum absolute atomic E-state index is 12.2. The van der Waals surface area contributed by atoms with Crippen molar-refractivity contribution in [2.24, 2.45) is 0 Å². The maximum Gasteiger partial charge on any atom is 0.280 e. The molecular formula is C10H15F2N. The first kappa shape index (κ1) is 12.0. The molecule has 1 aromatic heterocycles. The smallest absolute Gasteiger partial charge is 0.255 e. The van der Waals surface area contributed by atoms with Crippen molar-refractivity contribution in [3.8, 4) is 0 Å². The fourth-order valence-corrected chi connectivity index (χ4v) is 0.946. The molecule has 0 saturated carbocycles. The van der Waals surface area contributed by atoms with Crippen LogP contribution in [0.2, 0.25) is 0 Å². The Hall–Kier alpha value is -0.990. The Bertz CT molecular complexity index is 236. The Morgan fingerprint density at radius 2 is 2.00 bits per heavy atom. The molecule has 0 unspecified atom stereocenters. The van der Waals surface area contributed by atoms with Crippen LogP contribution in [0.1, 0.15) is 38.5 Å². The Morgan fingerprint density at radius 1 is 1.38 bits per heavy atom. The summed E-state index contributed by atoms with van der Waals surface area (Å²) in [5, 5.41) is 0. The molecule has 0 bridgehead atoms. The molecule has 0 spiro atoms. The summed E-state index contributed by atoms with van der Waals surface area (Å²) in [4.78, 5) is 3.60. The predicted octanol–water partition coefficient (Wildman–Crippen LogP) is 3.61. The van der Waals surface area contributed by atoms with E-state index in [0.29, 0.717) is 12.0 Å². The van der Waals surface area contributed by atoms with Crippen LogP contribution in [-0.4, -0.2) is 4.98 Å². The van der Waals surface area contributed by atoms with E-state index in [1.54, 1.807) is 12.1 Å². The Morgan fingerprint density at radius 3 is 2.38 bits per heavy atom. The molecule has 1 heterocycles. The number of pyridine rings is 1. The van der Waals surface area contributed by atoms with Gasteiger partial charge in [0, 0.05) is 6.20 Å². The Balaban J connectivity index is 0.000000671. The van der Waals surface area contributed by atoms with Crippen LogP contribution in [0.3, 0.4) is 0 Å². The third kappa shape index (κ3) is 3.49. The first-order valence-corrected chi connectivity index (χ1v) is 4.47. The third-order valence-electron chi connectivity index (χ3n) is 1.51. The summed E-state index contributed by atoms with van der Waals surface area (Å²) in [6.07, 6.45) is -0.458. The summed E-state index contributed by atoms with van der Waals surface area (Å²) in [6.45, 7) is 5.84. The highest BCUT2D eigenvalue weighted by molar-refractivity contribution is 5.20. The van der Waals surface area contributed by atoms with E-state index in [1.807, 2.05) is 20.8 Å². The highest BCUT2D eigenvalue weighted by Gasteiger charge is 2.11. The molecule has 0 aliphatic rings. The lowest BCUT2D eigenvalue weighted by atomic mass is 10.1. The predicted molar refractivity (Wildman–Crippen MR) is 49.9 cm³/mol. The van der Waals surface area contributed by atoms with Crippen molar-refractivity contribution < 1.29 is 8.78 Å². The normalized spacial score (nSPS) is 9.38. The van der Waals surface area contributed by atoms with Crippen molar-refractivity contribution in [1.29, 1.82) is 0 Å². The van der Waals surface area contributed by atoms with E-state index in [9.17, 15) is 8.78 Å². The fourth-order valence-electron chi connectivity index (χ4n) is 0.946. The van der Waals surface area contributed by atoms with Gasteiger partial charge in [-0.25, -0.2) is 8.78 Å². The van der Waals surface area contributed by atoms with Crippen LogP contribution >= 0.6 is 0 Å². The second kappa shape index (κ2) is 6.52. The molecule has 1 rings (SSSR count). The van der Waals surface area contributed by atoms with Crippen LogP contribution in [0.5, 0.6) is 0 Å². The monoisotopic (exact) mass is 187 g/mol. The van der Waals surface area contributed by atoms with Gasteiger partial charge in [-0.1, -0.05) is 26.8 Å². The number of nitrogens with zero attached hydrogens (tertiary/aromatic N) is 1. The molecule has 0 saturated heterocycles. The van der Waals surface area contributed by atoms with E-state index in [2.05, 4.69) is 4.98 Å². The molecule has 0 radical (unpaired) electrons. The second-order valence-electron chi connectivity index (χ2n) is 2.20. The third-order valence-corrected chi connectivity index (χ3v) is 1.51. The van der Waals surface area contributed by atoms with Gasteiger partial charge in [-0.05, 0) is 18.1 Å². The molecule has 0 N–H and O–H groups in total. The first-order valence-electron chi connectivity index (χ1n) is 4.47. The van der Waals surface area contributed by atoms with Gasteiger partial charge in [0.1, 0.15) is 5.69 Å². The van der Waals surface area contributed by atoms with Crippen LogP contribution in [0.4, 0.5) is 8.78 Å². The maximum atomic E-state index is 12.2. The molecule has 13 heavy (non-hydrogen) atoms. The largest absolute Gasteiger partial charge is 0.280 e. The quantitative estimate of drug-likeness (QED) is 0.689. The highest BCUT2D eigenvalue weighted by Crippen LogP contribution is 2.19. The molecule has 3 heteroatoms. The average Bonchev–Trinajstić information content (AvgIpc) is 2.20. The number of alkyl halides is 2. The van der Waals surface area contributed by atoms with Gasteiger partial charge in [-0.3, -0.25) is 4.98 Å². The van der Waals surface area contributed by atoms with Gasteiger partial charge in [-0.2, -0.15) is 0 Å². The number of hydrogen-bond donors (Lipinski definition) is 0. The lowest BCUT2D eigenvalue weighted by molar-refractivity contribution is 0.145. The Kier molecular flexibility index (Phi) is 6.02. The van der Waals surface area contributed by atoms with Gasteiger partial charge in [0.25, 0.3) is 6.43 Å². The zero-order chi connectivity index (χ0) is 10.3. The fraction of sp³-hybridized carbons (Fsp3) is 0.500. The molecule has 74 valence electrons. The molecule has 0 aromatic carbocycles. The molecule has 0 amide bonds. The number of halogens is 2. The number of hydrogen-bond acceptors (Lipinski definition) is 1. The molecule has 0 fully saturated rings. The molecule has 0 atom stereocenters. The summed E-state index contributed by atoms with van der Waals surface area (Å²) in [7, 11) is 0. The van der Waals surface area contributed by atoms with Gasteiger partial charge in [0.15, 0.2) is 0 Å². The zero-order valence-corrected chi connectivity index (χ0v) is 8.22. The molecule has 1 nitrogen and oxygen atoms in total. The zero-order valence-electron chi connectivity index (χ0n) is 8.22. The van der Waals surface area contributed by atoms with Crippen molar-refractivity contribution >= 4 is 0 Å². The first-order chi connectivity index (χ1) is 6.25. The van der Waals surface area contributed by atoms with E-state index in [0.717, 1.165) is 0 Å². The van der Waals surface area contributed by atoms with Crippen LogP contribution in [-0.2, 0) is 6.42 Å². The summed E-state index contributed by atoms with van der Waals surface area (Å²) < 4.78 is 24.3.